The zero-order chi connectivity index (χ0) is 11.8. The van der Waals surface area contributed by atoms with Crippen LogP contribution in [0.2, 0.25) is 0 Å². The van der Waals surface area contributed by atoms with E-state index in [0.29, 0.717) is 6.17 Å². The second kappa shape index (κ2) is 7.58. The molecule has 0 fully saturated rings. The maximum Gasteiger partial charge on any atom is 0.103 e. The Labute approximate surface area is 99.4 Å². The molecule has 0 spiro atoms. The molecule has 1 aliphatic rings. The summed E-state index contributed by atoms with van der Waals surface area (Å²) in [6.07, 6.45) is 12.9. The van der Waals surface area contributed by atoms with Crippen molar-refractivity contribution < 1.29 is 0 Å². The van der Waals surface area contributed by atoms with Gasteiger partial charge in [0.15, 0.2) is 0 Å². The van der Waals surface area contributed by atoms with Gasteiger partial charge in [0.2, 0.25) is 0 Å². The fourth-order valence-corrected chi connectivity index (χ4v) is 2.02. The average Bonchev–Trinajstić information content (AvgIpc) is 2.71. The predicted molar refractivity (Wildman–Crippen MR) is 70.5 cm³/mol. The fraction of sp³-hybridized carbons (Fsp3) is 0.769. The van der Waals surface area contributed by atoms with Gasteiger partial charge in [-0.2, -0.15) is 0 Å². The van der Waals surface area contributed by atoms with E-state index in [0.717, 1.165) is 19.4 Å². The molecule has 2 N–H and O–H groups in total. The molecule has 0 saturated heterocycles. The highest BCUT2D eigenvalue weighted by Crippen LogP contribution is 2.15. The molecule has 0 radical (unpaired) electrons. The Hall–Kier alpha value is -0.670. The zero-order valence-electron chi connectivity index (χ0n) is 10.6. The minimum atomic E-state index is 0.118. The first-order valence-corrected chi connectivity index (χ1v) is 6.43. The lowest BCUT2D eigenvalue weighted by Gasteiger charge is -2.26. The molecule has 0 aromatic carbocycles. The van der Waals surface area contributed by atoms with Crippen molar-refractivity contribution in [2.75, 3.05) is 6.54 Å². The molecule has 0 aliphatic carbocycles. The van der Waals surface area contributed by atoms with E-state index in [9.17, 15) is 0 Å². The molecule has 1 rings (SSSR count). The van der Waals surface area contributed by atoms with Gasteiger partial charge in [0.25, 0.3) is 0 Å². The molecule has 0 aromatic rings. The lowest BCUT2D eigenvalue weighted by Crippen LogP contribution is -2.43. The third-order valence-electron chi connectivity index (χ3n) is 2.96. The number of nitrogens with two attached hydrogens (primary N) is 1. The molecule has 2 unspecified atom stereocenters. The average molecular weight is 223 g/mol. The van der Waals surface area contributed by atoms with Gasteiger partial charge in [-0.05, 0) is 39.0 Å². The normalized spacial score (nSPS) is 23.3. The van der Waals surface area contributed by atoms with Gasteiger partial charge in [-0.25, -0.2) is 0 Å². The van der Waals surface area contributed by atoms with Crippen molar-refractivity contribution in [3.05, 3.63) is 12.2 Å². The van der Waals surface area contributed by atoms with Crippen LogP contribution in [0, 0.1) is 0 Å². The van der Waals surface area contributed by atoms with E-state index in [1.165, 1.54) is 19.3 Å². The lowest BCUT2D eigenvalue weighted by atomic mass is 10.1. The van der Waals surface area contributed by atoms with Crippen molar-refractivity contribution in [1.29, 1.82) is 0 Å². The summed E-state index contributed by atoms with van der Waals surface area (Å²) < 4.78 is 0. The summed E-state index contributed by atoms with van der Waals surface area (Å²) >= 11 is 0. The smallest absolute Gasteiger partial charge is 0.103 e. The predicted octanol–water partition coefficient (Wildman–Crippen LogP) is 2.53. The Morgan fingerprint density at radius 1 is 1.50 bits per heavy atom. The van der Waals surface area contributed by atoms with Crippen LogP contribution in [-0.4, -0.2) is 30.0 Å². The molecule has 2 atom stereocenters. The highest BCUT2D eigenvalue weighted by molar-refractivity contribution is 5.62. The zero-order valence-corrected chi connectivity index (χ0v) is 10.6. The lowest BCUT2D eigenvalue weighted by molar-refractivity contribution is 0.182. The van der Waals surface area contributed by atoms with Crippen LogP contribution >= 0.6 is 0 Å². The Bertz CT molecular complexity index is 233. The van der Waals surface area contributed by atoms with Crippen LogP contribution in [0.25, 0.3) is 0 Å². The molecular weight excluding hydrogens is 198 g/mol. The number of unbranched alkanes of at least 4 members (excludes halogenated alkanes) is 2. The number of nitrogens with zero attached hydrogens (tertiary/aromatic N) is 2. The van der Waals surface area contributed by atoms with Gasteiger partial charge in [0.05, 0.1) is 6.17 Å². The van der Waals surface area contributed by atoms with Crippen LogP contribution in [0.15, 0.2) is 17.1 Å². The summed E-state index contributed by atoms with van der Waals surface area (Å²) in [7, 11) is 0. The SMILES string of the molecule is CC/C=C/CCCCC1N=CCN1C(C)N. The largest absolute Gasteiger partial charge is 0.316 e. The Morgan fingerprint density at radius 3 is 3.00 bits per heavy atom. The van der Waals surface area contributed by atoms with Gasteiger partial charge >= 0.3 is 0 Å². The summed E-state index contributed by atoms with van der Waals surface area (Å²) in [6.45, 7) is 5.12. The van der Waals surface area contributed by atoms with E-state index in [1.807, 2.05) is 13.1 Å². The van der Waals surface area contributed by atoms with Gasteiger partial charge in [0, 0.05) is 12.8 Å². The van der Waals surface area contributed by atoms with Crippen LogP contribution in [0.4, 0.5) is 0 Å². The molecule has 92 valence electrons. The number of rotatable bonds is 7. The maximum absolute atomic E-state index is 5.89. The highest BCUT2D eigenvalue weighted by Gasteiger charge is 2.22. The number of aliphatic imine (C=N–C) groups is 1. The molecule has 0 saturated carbocycles. The molecule has 3 nitrogen and oxygen atoms in total. The van der Waals surface area contributed by atoms with E-state index >= 15 is 0 Å². The standard InChI is InChI=1S/C13H25N3/c1-3-4-5-6-7-8-9-13-15-10-11-16(13)12(2)14/h4-5,10,12-13H,3,6-9,11,14H2,1-2H3/b5-4+. The van der Waals surface area contributed by atoms with E-state index in [-0.39, 0.29) is 6.17 Å². The molecule has 3 heteroatoms. The fourth-order valence-electron chi connectivity index (χ4n) is 2.02. The number of allylic oxidation sites excluding steroid dienone is 2. The Morgan fingerprint density at radius 2 is 2.31 bits per heavy atom. The van der Waals surface area contributed by atoms with Gasteiger partial charge in [-0.3, -0.25) is 9.89 Å². The van der Waals surface area contributed by atoms with Gasteiger partial charge in [-0.1, -0.05) is 19.1 Å². The summed E-state index contributed by atoms with van der Waals surface area (Å²) in [6, 6.07) is 0. The first-order chi connectivity index (χ1) is 7.75. The Balaban J connectivity index is 2.12. The summed E-state index contributed by atoms with van der Waals surface area (Å²) in [5.74, 6) is 0. The van der Waals surface area contributed by atoms with Crippen LogP contribution < -0.4 is 5.73 Å². The van der Waals surface area contributed by atoms with E-state index in [1.54, 1.807) is 0 Å². The highest BCUT2D eigenvalue weighted by atomic mass is 15.3. The van der Waals surface area contributed by atoms with Crippen molar-refractivity contribution in [1.82, 2.24) is 4.90 Å². The molecule has 0 aromatic heterocycles. The van der Waals surface area contributed by atoms with Crippen molar-refractivity contribution in [3.8, 4) is 0 Å². The van der Waals surface area contributed by atoms with Crippen LogP contribution in [-0.2, 0) is 0 Å². The topological polar surface area (TPSA) is 41.6 Å². The van der Waals surface area contributed by atoms with Gasteiger partial charge < -0.3 is 5.73 Å². The van der Waals surface area contributed by atoms with E-state index in [2.05, 4.69) is 29.0 Å². The van der Waals surface area contributed by atoms with Crippen molar-refractivity contribution in [3.63, 3.8) is 0 Å². The van der Waals surface area contributed by atoms with Gasteiger partial charge in [0.1, 0.15) is 6.17 Å². The minimum Gasteiger partial charge on any atom is -0.316 e. The minimum absolute atomic E-state index is 0.118. The van der Waals surface area contributed by atoms with E-state index < -0.39 is 0 Å². The second-order valence-corrected chi connectivity index (χ2v) is 4.41. The molecular formula is C13H25N3. The maximum atomic E-state index is 5.89. The van der Waals surface area contributed by atoms with Crippen molar-refractivity contribution in [2.45, 2.75) is 58.3 Å². The van der Waals surface area contributed by atoms with Crippen LogP contribution in [0.5, 0.6) is 0 Å². The molecule has 1 heterocycles. The third-order valence-corrected chi connectivity index (χ3v) is 2.96. The summed E-state index contributed by atoms with van der Waals surface area (Å²) in [4.78, 5) is 6.73. The quantitative estimate of drug-likeness (QED) is 0.532. The summed E-state index contributed by atoms with van der Waals surface area (Å²) in [5, 5.41) is 0. The number of hydrogen-bond acceptors (Lipinski definition) is 3. The number of hydrogen-bond donors (Lipinski definition) is 1. The van der Waals surface area contributed by atoms with Gasteiger partial charge in [-0.15, -0.1) is 0 Å². The molecule has 0 bridgehead atoms. The van der Waals surface area contributed by atoms with Crippen LogP contribution in [0.3, 0.4) is 0 Å². The first-order valence-electron chi connectivity index (χ1n) is 6.43. The van der Waals surface area contributed by atoms with Crippen molar-refractivity contribution in [2.24, 2.45) is 10.7 Å². The van der Waals surface area contributed by atoms with Crippen LogP contribution in [0.1, 0.15) is 46.0 Å². The molecule has 0 amide bonds. The molecule has 1 aliphatic heterocycles. The molecule has 16 heavy (non-hydrogen) atoms. The second-order valence-electron chi connectivity index (χ2n) is 4.41. The summed E-state index contributed by atoms with van der Waals surface area (Å²) in [5.41, 5.74) is 5.89. The van der Waals surface area contributed by atoms with E-state index in [4.69, 9.17) is 5.73 Å². The van der Waals surface area contributed by atoms with Crippen molar-refractivity contribution >= 4 is 6.21 Å². The Kier molecular flexibility index (Phi) is 6.34. The first kappa shape index (κ1) is 13.4. The monoisotopic (exact) mass is 223 g/mol. The third kappa shape index (κ3) is 4.45.